The van der Waals surface area contributed by atoms with Gasteiger partial charge in [-0.3, -0.25) is 10.1 Å². The minimum absolute atomic E-state index is 0.295. The first-order valence-corrected chi connectivity index (χ1v) is 4.37. The van der Waals surface area contributed by atoms with E-state index in [0.29, 0.717) is 9.13 Å². The first kappa shape index (κ1) is 9.92. The molecule has 0 unspecified atom stereocenters. The molecular weight excluding hydrogens is 286 g/mol. The van der Waals surface area contributed by atoms with E-state index in [9.17, 15) is 9.18 Å². The fourth-order valence-corrected chi connectivity index (χ4v) is 1.51. The molecule has 0 saturated carbocycles. The third-order valence-corrected chi connectivity index (χ3v) is 2.24. The Kier molecular flexibility index (Phi) is 3.19. The molecule has 13 heavy (non-hydrogen) atoms. The highest BCUT2D eigenvalue weighted by Gasteiger charge is 2.09. The first-order chi connectivity index (χ1) is 6.15. The van der Waals surface area contributed by atoms with Gasteiger partial charge in [0.2, 0.25) is 0 Å². The lowest BCUT2D eigenvalue weighted by atomic mass is 10.2. The topological polar surface area (TPSA) is 52.9 Å². The van der Waals surface area contributed by atoms with Gasteiger partial charge in [0.1, 0.15) is 5.82 Å². The van der Waals surface area contributed by atoms with E-state index in [1.165, 1.54) is 24.4 Å². The molecule has 1 aromatic carbocycles. The Morgan fingerprint density at radius 1 is 1.62 bits per heavy atom. The summed E-state index contributed by atoms with van der Waals surface area (Å²) in [6.07, 6.45) is 1.51. The predicted molar refractivity (Wildman–Crippen MR) is 52.2 cm³/mol. The lowest BCUT2D eigenvalue weighted by molar-refractivity contribution is 0.0972. The Morgan fingerprint density at radius 2 is 2.31 bits per heavy atom. The summed E-state index contributed by atoms with van der Waals surface area (Å²) < 4.78 is 13.1. The number of carbonyl (C=O) groups is 1. The summed E-state index contributed by atoms with van der Waals surface area (Å²) in [6.45, 7) is 0. The average Bonchev–Trinajstić information content (AvgIpc) is 2.04. The van der Waals surface area contributed by atoms with Gasteiger partial charge in [-0.1, -0.05) is 0 Å². The molecule has 0 saturated heterocycles. The monoisotopic (exact) mass is 290 g/mol. The van der Waals surface area contributed by atoms with Crippen LogP contribution in [0.5, 0.6) is 0 Å². The van der Waals surface area contributed by atoms with E-state index in [1.807, 2.05) is 27.9 Å². The van der Waals surface area contributed by atoms with Crippen LogP contribution in [0.4, 0.5) is 4.39 Å². The Morgan fingerprint density at radius 3 is 2.85 bits per heavy atom. The zero-order valence-corrected chi connectivity index (χ0v) is 8.50. The van der Waals surface area contributed by atoms with Crippen molar-refractivity contribution in [3.8, 4) is 6.19 Å². The van der Waals surface area contributed by atoms with Crippen molar-refractivity contribution in [1.29, 1.82) is 5.26 Å². The van der Waals surface area contributed by atoms with Gasteiger partial charge in [-0.25, -0.2) is 4.39 Å². The highest BCUT2D eigenvalue weighted by Crippen LogP contribution is 2.13. The van der Waals surface area contributed by atoms with Crippen LogP contribution in [0.25, 0.3) is 0 Å². The van der Waals surface area contributed by atoms with E-state index in [4.69, 9.17) is 5.26 Å². The van der Waals surface area contributed by atoms with Crippen molar-refractivity contribution in [2.24, 2.45) is 0 Å². The molecule has 0 aliphatic heterocycles. The molecule has 66 valence electrons. The van der Waals surface area contributed by atoms with Gasteiger partial charge in [0.05, 0.1) is 5.56 Å². The maximum atomic E-state index is 12.6. The maximum absolute atomic E-state index is 12.6. The molecule has 0 spiro atoms. The minimum Gasteiger partial charge on any atom is -0.268 e. The van der Waals surface area contributed by atoms with Crippen molar-refractivity contribution in [2.75, 3.05) is 0 Å². The molecule has 0 heterocycles. The normalized spacial score (nSPS) is 9.00. The number of rotatable bonds is 1. The van der Waals surface area contributed by atoms with Gasteiger partial charge in [0, 0.05) is 3.57 Å². The number of amides is 1. The number of carbonyl (C=O) groups excluding carboxylic acids is 1. The molecule has 0 radical (unpaired) electrons. The number of nitriles is 1. The summed E-state index contributed by atoms with van der Waals surface area (Å²) in [5.74, 6) is -0.926. The van der Waals surface area contributed by atoms with Crippen molar-refractivity contribution in [3.05, 3.63) is 33.1 Å². The summed E-state index contributed by atoms with van der Waals surface area (Å²) in [5, 5.41) is 10.1. The molecule has 0 aromatic heterocycles. The number of hydrogen-bond acceptors (Lipinski definition) is 2. The largest absolute Gasteiger partial charge is 0.268 e. The lowest BCUT2D eigenvalue weighted by Gasteiger charge is -2.00. The highest BCUT2D eigenvalue weighted by atomic mass is 127. The molecule has 1 aromatic rings. The Hall–Kier alpha value is -1.16. The molecule has 0 bridgehead atoms. The van der Waals surface area contributed by atoms with Crippen LogP contribution in [-0.2, 0) is 0 Å². The summed E-state index contributed by atoms with van der Waals surface area (Å²) in [4.78, 5) is 11.1. The molecule has 1 amide bonds. The van der Waals surface area contributed by atoms with Crippen molar-refractivity contribution in [2.45, 2.75) is 0 Å². The minimum atomic E-state index is -0.521. The zero-order valence-electron chi connectivity index (χ0n) is 6.34. The Balaban J connectivity index is 3.03. The molecule has 5 heteroatoms. The summed E-state index contributed by atoms with van der Waals surface area (Å²) in [6, 6.07) is 3.74. The fraction of sp³-hybridized carbons (Fsp3) is 0. The Bertz CT molecular complexity index is 386. The van der Waals surface area contributed by atoms with Gasteiger partial charge in [-0.15, -0.1) is 0 Å². The van der Waals surface area contributed by atoms with Crippen LogP contribution in [0.15, 0.2) is 18.2 Å². The van der Waals surface area contributed by atoms with E-state index in [1.54, 1.807) is 0 Å². The molecule has 0 fully saturated rings. The first-order valence-electron chi connectivity index (χ1n) is 3.29. The number of halogens is 2. The van der Waals surface area contributed by atoms with Gasteiger partial charge in [0.25, 0.3) is 5.91 Å². The zero-order chi connectivity index (χ0) is 9.84. The molecule has 0 aliphatic carbocycles. The highest BCUT2D eigenvalue weighted by molar-refractivity contribution is 14.1. The van der Waals surface area contributed by atoms with Crippen LogP contribution in [-0.4, -0.2) is 5.91 Å². The van der Waals surface area contributed by atoms with Crippen LogP contribution in [0, 0.1) is 20.8 Å². The van der Waals surface area contributed by atoms with Gasteiger partial charge in [-0.05, 0) is 40.8 Å². The second-order valence-corrected chi connectivity index (χ2v) is 3.35. The molecule has 0 aliphatic rings. The average molecular weight is 290 g/mol. The van der Waals surface area contributed by atoms with Crippen LogP contribution in [0.1, 0.15) is 10.4 Å². The Labute approximate surface area is 87.7 Å². The lowest BCUT2D eigenvalue weighted by Crippen LogP contribution is -2.18. The summed E-state index contributed by atoms with van der Waals surface area (Å²) in [5.41, 5.74) is 0.295. The van der Waals surface area contributed by atoms with E-state index >= 15 is 0 Å². The molecule has 0 atom stereocenters. The van der Waals surface area contributed by atoms with Gasteiger partial charge in [-0.2, -0.15) is 5.26 Å². The van der Waals surface area contributed by atoms with Crippen LogP contribution >= 0.6 is 22.6 Å². The van der Waals surface area contributed by atoms with Crippen LogP contribution in [0.3, 0.4) is 0 Å². The molecule has 1 N–H and O–H groups in total. The SMILES string of the molecule is N#CNC(=O)c1ccc(F)cc1I. The maximum Gasteiger partial charge on any atom is 0.265 e. The number of nitrogens with one attached hydrogen (secondary N) is 1. The van der Waals surface area contributed by atoms with E-state index in [2.05, 4.69) is 0 Å². The van der Waals surface area contributed by atoms with Crippen molar-refractivity contribution >= 4 is 28.5 Å². The number of hydrogen-bond donors (Lipinski definition) is 1. The quantitative estimate of drug-likeness (QED) is 0.485. The summed E-state index contributed by atoms with van der Waals surface area (Å²) >= 11 is 1.83. The van der Waals surface area contributed by atoms with Gasteiger partial charge < -0.3 is 0 Å². The van der Waals surface area contributed by atoms with E-state index in [-0.39, 0.29) is 0 Å². The van der Waals surface area contributed by atoms with Gasteiger partial charge >= 0.3 is 0 Å². The van der Waals surface area contributed by atoms with E-state index < -0.39 is 11.7 Å². The second-order valence-electron chi connectivity index (χ2n) is 2.19. The number of benzene rings is 1. The number of nitrogens with zero attached hydrogens (tertiary/aromatic N) is 1. The van der Waals surface area contributed by atoms with Crippen LogP contribution in [0.2, 0.25) is 0 Å². The second kappa shape index (κ2) is 4.18. The molecule has 1 rings (SSSR count). The third kappa shape index (κ3) is 2.39. The third-order valence-electron chi connectivity index (χ3n) is 1.35. The summed E-state index contributed by atoms with van der Waals surface area (Å²) in [7, 11) is 0. The standard InChI is InChI=1S/C8H4FIN2O/c9-5-1-2-6(7(10)3-5)8(13)12-4-11/h1-3H,(H,12,13). The van der Waals surface area contributed by atoms with Crippen molar-refractivity contribution < 1.29 is 9.18 Å². The smallest absolute Gasteiger partial charge is 0.265 e. The fourth-order valence-electron chi connectivity index (χ4n) is 0.792. The van der Waals surface area contributed by atoms with Crippen molar-refractivity contribution in [3.63, 3.8) is 0 Å². The van der Waals surface area contributed by atoms with Gasteiger partial charge in [0.15, 0.2) is 6.19 Å². The van der Waals surface area contributed by atoms with Crippen molar-refractivity contribution in [1.82, 2.24) is 5.32 Å². The van der Waals surface area contributed by atoms with E-state index in [0.717, 1.165) is 0 Å². The molecule has 3 nitrogen and oxygen atoms in total. The molecular formula is C8H4FIN2O. The predicted octanol–water partition coefficient (Wildman–Crippen LogP) is 1.64. The van der Waals surface area contributed by atoms with Crippen LogP contribution < -0.4 is 5.32 Å².